The first-order valence-corrected chi connectivity index (χ1v) is 7.33. The highest BCUT2D eigenvalue weighted by Gasteiger charge is 2.15. The Labute approximate surface area is 144 Å². The van der Waals surface area contributed by atoms with Gasteiger partial charge in [-0.2, -0.15) is 0 Å². The summed E-state index contributed by atoms with van der Waals surface area (Å²) in [4.78, 5) is 35.1. The molecule has 0 aliphatic rings. The topological polar surface area (TPSA) is 102 Å². The Morgan fingerprint density at radius 1 is 1.08 bits per heavy atom. The normalized spacial score (nSPS) is 10.0. The zero-order valence-corrected chi connectivity index (χ0v) is 13.7. The second-order valence-corrected chi connectivity index (χ2v) is 5.09. The number of carboxylic acids is 1. The smallest absolute Gasteiger partial charge is 0.337 e. The van der Waals surface area contributed by atoms with Gasteiger partial charge in [0.05, 0.1) is 37.5 Å². The zero-order chi connectivity index (χ0) is 18.4. The number of rotatable bonds is 6. The molecule has 0 spiro atoms. The van der Waals surface area contributed by atoms with E-state index in [1.807, 2.05) is 0 Å². The first-order chi connectivity index (χ1) is 12.0. The molecule has 130 valence electrons. The molecule has 0 saturated carbocycles. The Balaban J connectivity index is 2.23. The van der Waals surface area contributed by atoms with Gasteiger partial charge in [-0.25, -0.2) is 9.59 Å². The maximum Gasteiger partial charge on any atom is 0.337 e. The number of esters is 1. The lowest BCUT2D eigenvalue weighted by Crippen LogP contribution is -2.17. The highest BCUT2D eigenvalue weighted by molar-refractivity contribution is 5.98. The van der Waals surface area contributed by atoms with Crippen LogP contribution in [-0.4, -0.2) is 37.2 Å². The van der Waals surface area contributed by atoms with Crippen LogP contribution in [-0.2, 0) is 16.0 Å². The number of amides is 1. The van der Waals surface area contributed by atoms with E-state index in [9.17, 15) is 19.5 Å². The van der Waals surface area contributed by atoms with Crippen LogP contribution in [0, 0.1) is 0 Å². The van der Waals surface area contributed by atoms with Crippen LogP contribution < -0.4 is 10.1 Å². The van der Waals surface area contributed by atoms with E-state index in [4.69, 9.17) is 4.74 Å². The van der Waals surface area contributed by atoms with E-state index in [2.05, 4.69) is 10.1 Å². The van der Waals surface area contributed by atoms with Gasteiger partial charge in [-0.15, -0.1) is 0 Å². The standard InChI is InChI=1S/C18H17NO6/c1-24-15-8-7-12(18(23)25-2)9-14(15)19-16(20)10-11-5-3-4-6-13(11)17(21)22/h3-9H,10H2,1-2H3,(H,19,20)(H,21,22). The van der Waals surface area contributed by atoms with Crippen molar-refractivity contribution in [3.8, 4) is 5.75 Å². The maximum absolute atomic E-state index is 12.3. The Kier molecular flexibility index (Phi) is 5.73. The summed E-state index contributed by atoms with van der Waals surface area (Å²) in [5, 5.41) is 11.8. The predicted octanol–water partition coefficient (Wildman–Crippen LogP) is 2.36. The lowest BCUT2D eigenvalue weighted by molar-refractivity contribution is -0.115. The summed E-state index contributed by atoms with van der Waals surface area (Å²) < 4.78 is 9.82. The summed E-state index contributed by atoms with van der Waals surface area (Å²) in [7, 11) is 2.69. The third-order valence-electron chi connectivity index (χ3n) is 3.49. The molecule has 0 heterocycles. The van der Waals surface area contributed by atoms with Crippen LogP contribution in [0.3, 0.4) is 0 Å². The third-order valence-corrected chi connectivity index (χ3v) is 3.49. The molecule has 0 saturated heterocycles. The quantitative estimate of drug-likeness (QED) is 0.781. The number of aromatic carboxylic acids is 1. The predicted molar refractivity (Wildman–Crippen MR) is 90.1 cm³/mol. The average Bonchev–Trinajstić information content (AvgIpc) is 2.61. The monoisotopic (exact) mass is 343 g/mol. The molecular weight excluding hydrogens is 326 g/mol. The Morgan fingerprint density at radius 2 is 1.80 bits per heavy atom. The van der Waals surface area contributed by atoms with Crippen molar-refractivity contribution in [2.24, 2.45) is 0 Å². The van der Waals surface area contributed by atoms with Crippen molar-refractivity contribution >= 4 is 23.5 Å². The zero-order valence-electron chi connectivity index (χ0n) is 13.7. The van der Waals surface area contributed by atoms with Gasteiger partial charge in [0.1, 0.15) is 5.75 Å². The molecule has 2 aromatic rings. The highest BCUT2D eigenvalue weighted by atomic mass is 16.5. The van der Waals surface area contributed by atoms with Crippen molar-refractivity contribution in [2.75, 3.05) is 19.5 Å². The van der Waals surface area contributed by atoms with E-state index < -0.39 is 17.8 Å². The molecule has 2 aromatic carbocycles. The SMILES string of the molecule is COC(=O)c1ccc(OC)c(NC(=O)Cc2ccccc2C(=O)O)c1. The van der Waals surface area contributed by atoms with Gasteiger partial charge in [0.25, 0.3) is 0 Å². The minimum Gasteiger partial charge on any atom is -0.495 e. The number of carbonyl (C=O) groups is 3. The first kappa shape index (κ1) is 18.0. The van der Waals surface area contributed by atoms with Gasteiger partial charge in [0, 0.05) is 0 Å². The third kappa shape index (κ3) is 4.35. The Hall–Kier alpha value is -3.35. The van der Waals surface area contributed by atoms with Crippen LogP contribution in [0.2, 0.25) is 0 Å². The number of benzene rings is 2. The Bertz CT molecular complexity index is 815. The van der Waals surface area contributed by atoms with E-state index in [1.165, 1.54) is 38.5 Å². The number of hydrogen-bond acceptors (Lipinski definition) is 5. The largest absolute Gasteiger partial charge is 0.495 e. The molecule has 1 amide bonds. The van der Waals surface area contributed by atoms with Crippen LogP contribution in [0.1, 0.15) is 26.3 Å². The summed E-state index contributed by atoms with van der Waals surface area (Å²) in [6.45, 7) is 0. The molecule has 7 heteroatoms. The van der Waals surface area contributed by atoms with Crippen molar-refractivity contribution in [1.29, 1.82) is 0 Å². The molecule has 0 radical (unpaired) electrons. The van der Waals surface area contributed by atoms with Gasteiger partial charge in [0.2, 0.25) is 5.91 Å². The summed E-state index contributed by atoms with van der Waals surface area (Å²) in [5.41, 5.74) is 0.997. The van der Waals surface area contributed by atoms with Gasteiger partial charge >= 0.3 is 11.9 Å². The number of carboxylic acid groups (broad SMARTS) is 1. The number of carbonyl (C=O) groups excluding carboxylic acids is 2. The van der Waals surface area contributed by atoms with Crippen LogP contribution in [0.5, 0.6) is 5.75 Å². The first-order valence-electron chi connectivity index (χ1n) is 7.33. The highest BCUT2D eigenvalue weighted by Crippen LogP contribution is 2.26. The molecule has 0 bridgehead atoms. The molecule has 0 atom stereocenters. The van der Waals surface area contributed by atoms with E-state index >= 15 is 0 Å². The van der Waals surface area contributed by atoms with Gasteiger partial charge in [-0.3, -0.25) is 4.79 Å². The van der Waals surface area contributed by atoms with Crippen molar-refractivity contribution in [3.05, 3.63) is 59.2 Å². The van der Waals surface area contributed by atoms with Crippen LogP contribution in [0.4, 0.5) is 5.69 Å². The number of anilines is 1. The van der Waals surface area contributed by atoms with Crippen molar-refractivity contribution in [1.82, 2.24) is 0 Å². The van der Waals surface area contributed by atoms with E-state index in [-0.39, 0.29) is 17.5 Å². The lowest BCUT2D eigenvalue weighted by atomic mass is 10.0. The molecule has 0 fully saturated rings. The van der Waals surface area contributed by atoms with Crippen LogP contribution in [0.15, 0.2) is 42.5 Å². The number of nitrogens with one attached hydrogen (secondary N) is 1. The van der Waals surface area contributed by atoms with Crippen molar-refractivity contribution in [3.63, 3.8) is 0 Å². The molecule has 25 heavy (non-hydrogen) atoms. The summed E-state index contributed by atoms with van der Waals surface area (Å²) in [6, 6.07) is 10.7. The van der Waals surface area contributed by atoms with Gasteiger partial charge < -0.3 is 19.9 Å². The fourth-order valence-electron chi connectivity index (χ4n) is 2.30. The van der Waals surface area contributed by atoms with Gasteiger partial charge in [-0.05, 0) is 29.8 Å². The van der Waals surface area contributed by atoms with E-state index in [0.29, 0.717) is 17.0 Å². The molecule has 0 aromatic heterocycles. The minimum atomic E-state index is -1.10. The molecule has 0 aliphatic heterocycles. The van der Waals surface area contributed by atoms with Crippen LogP contribution >= 0.6 is 0 Å². The van der Waals surface area contributed by atoms with Crippen molar-refractivity contribution in [2.45, 2.75) is 6.42 Å². The fraction of sp³-hybridized carbons (Fsp3) is 0.167. The number of ether oxygens (including phenoxy) is 2. The molecule has 0 unspecified atom stereocenters. The van der Waals surface area contributed by atoms with Crippen LogP contribution in [0.25, 0.3) is 0 Å². The van der Waals surface area contributed by atoms with Crippen molar-refractivity contribution < 1.29 is 29.0 Å². The van der Waals surface area contributed by atoms with Gasteiger partial charge in [-0.1, -0.05) is 18.2 Å². The summed E-state index contributed by atoms with van der Waals surface area (Å²) >= 11 is 0. The number of hydrogen-bond donors (Lipinski definition) is 2. The van der Waals surface area contributed by atoms with Gasteiger partial charge in [0.15, 0.2) is 0 Å². The summed E-state index contributed by atoms with van der Waals surface area (Å²) in [6.07, 6.45) is -0.131. The molecular formula is C18H17NO6. The second-order valence-electron chi connectivity index (χ2n) is 5.09. The molecule has 0 aliphatic carbocycles. The molecule has 7 nitrogen and oxygen atoms in total. The molecule has 2 N–H and O–H groups in total. The lowest BCUT2D eigenvalue weighted by Gasteiger charge is -2.12. The van der Waals surface area contributed by atoms with E-state index in [1.54, 1.807) is 18.2 Å². The minimum absolute atomic E-state index is 0.0629. The summed E-state index contributed by atoms with van der Waals surface area (Å²) in [5.74, 6) is -1.72. The van der Waals surface area contributed by atoms with E-state index in [0.717, 1.165) is 0 Å². The molecule has 2 rings (SSSR count). The fourth-order valence-corrected chi connectivity index (χ4v) is 2.30. The average molecular weight is 343 g/mol. The Morgan fingerprint density at radius 3 is 2.44 bits per heavy atom. The second kappa shape index (κ2) is 7.96. The number of methoxy groups -OCH3 is 2. The maximum atomic E-state index is 12.3.